The highest BCUT2D eigenvalue weighted by Crippen LogP contribution is 2.27. The van der Waals surface area contributed by atoms with Crippen LogP contribution in [0, 0.1) is 0 Å². The van der Waals surface area contributed by atoms with Crippen LogP contribution < -0.4 is 5.32 Å². The van der Waals surface area contributed by atoms with Crippen molar-refractivity contribution < 1.29 is 8.42 Å². The Labute approximate surface area is 127 Å². The van der Waals surface area contributed by atoms with Crippen LogP contribution in [0.3, 0.4) is 0 Å². The smallest absolute Gasteiger partial charge is 0.150 e. The van der Waals surface area contributed by atoms with Crippen LogP contribution in [0.25, 0.3) is 0 Å². The fraction of sp³-hybridized carbons (Fsp3) is 0.538. The molecule has 0 radical (unpaired) electrons. The monoisotopic (exact) mass is 365 g/mol. The molecule has 1 aliphatic rings. The van der Waals surface area contributed by atoms with Gasteiger partial charge in [-0.2, -0.15) is 0 Å². The number of sulfone groups is 1. The molecular weight excluding hydrogens is 350 g/mol. The second-order valence-electron chi connectivity index (χ2n) is 4.98. The van der Waals surface area contributed by atoms with Crippen LogP contribution in [0.4, 0.5) is 0 Å². The van der Waals surface area contributed by atoms with Gasteiger partial charge in [0.15, 0.2) is 0 Å². The van der Waals surface area contributed by atoms with Gasteiger partial charge in [-0.05, 0) is 37.5 Å². The largest absolute Gasteiger partial charge is 0.307 e. The lowest BCUT2D eigenvalue weighted by Gasteiger charge is -2.27. The van der Waals surface area contributed by atoms with Crippen LogP contribution in [0.1, 0.15) is 31.4 Å². The van der Waals surface area contributed by atoms with E-state index in [2.05, 4.69) is 28.2 Å². The van der Waals surface area contributed by atoms with Crippen molar-refractivity contribution >= 4 is 37.4 Å². The Hall–Kier alpha value is -0.100. The zero-order valence-electron chi connectivity index (χ0n) is 10.7. The zero-order valence-corrected chi connectivity index (χ0v) is 13.9. The Morgan fingerprint density at radius 2 is 2.00 bits per heavy atom. The Morgan fingerprint density at radius 1 is 1.37 bits per heavy atom. The average molecular weight is 367 g/mol. The summed E-state index contributed by atoms with van der Waals surface area (Å²) in [6, 6.07) is 6.19. The van der Waals surface area contributed by atoms with Crippen molar-refractivity contribution in [3.05, 3.63) is 33.3 Å². The predicted octanol–water partition coefficient (Wildman–Crippen LogP) is 3.33. The SMILES string of the molecule is CC(NC1CCS(=O)(=O)CC1)c1ccc(Br)cc1Cl. The normalized spacial score (nSPS) is 21.2. The molecule has 1 unspecified atom stereocenters. The third kappa shape index (κ3) is 4.18. The van der Waals surface area contributed by atoms with Crippen LogP contribution >= 0.6 is 27.5 Å². The van der Waals surface area contributed by atoms with Crippen molar-refractivity contribution in [3.8, 4) is 0 Å². The Kier molecular flexibility index (Phi) is 4.93. The van der Waals surface area contributed by atoms with E-state index in [0.717, 1.165) is 15.1 Å². The Bertz CT molecular complexity index is 548. The standard InChI is InChI=1S/C13H17BrClNO2S/c1-9(12-3-2-10(14)8-13(12)15)16-11-4-6-19(17,18)7-5-11/h2-3,8-9,11,16H,4-7H2,1H3. The maximum absolute atomic E-state index is 11.4. The molecular formula is C13H17BrClNO2S. The Balaban J connectivity index is 2.00. The van der Waals surface area contributed by atoms with Gasteiger partial charge in [0.25, 0.3) is 0 Å². The highest BCUT2D eigenvalue weighted by molar-refractivity contribution is 9.10. The first-order chi connectivity index (χ1) is 8.87. The number of halogens is 2. The lowest BCUT2D eigenvalue weighted by atomic mass is 10.1. The molecule has 6 heteroatoms. The van der Waals surface area contributed by atoms with E-state index in [4.69, 9.17) is 11.6 Å². The number of benzene rings is 1. The molecule has 0 amide bonds. The number of hydrogen-bond donors (Lipinski definition) is 1. The molecule has 1 aromatic carbocycles. The first-order valence-electron chi connectivity index (χ1n) is 6.29. The van der Waals surface area contributed by atoms with Crippen molar-refractivity contribution in [2.45, 2.75) is 31.8 Å². The van der Waals surface area contributed by atoms with Gasteiger partial charge in [0.2, 0.25) is 0 Å². The van der Waals surface area contributed by atoms with Crippen molar-refractivity contribution in [3.63, 3.8) is 0 Å². The highest BCUT2D eigenvalue weighted by Gasteiger charge is 2.25. The summed E-state index contributed by atoms with van der Waals surface area (Å²) in [5, 5.41) is 4.19. The summed E-state index contributed by atoms with van der Waals surface area (Å²) in [5.74, 6) is 0.566. The van der Waals surface area contributed by atoms with Gasteiger partial charge in [-0.1, -0.05) is 33.6 Å². The van der Waals surface area contributed by atoms with E-state index >= 15 is 0 Å². The van der Waals surface area contributed by atoms with Crippen LogP contribution in [0.15, 0.2) is 22.7 Å². The molecule has 1 fully saturated rings. The third-order valence-electron chi connectivity index (χ3n) is 3.47. The van der Waals surface area contributed by atoms with Gasteiger partial charge in [0, 0.05) is 21.6 Å². The molecule has 2 rings (SSSR count). The van der Waals surface area contributed by atoms with E-state index in [1.54, 1.807) is 0 Å². The molecule has 106 valence electrons. The van der Waals surface area contributed by atoms with Gasteiger partial charge in [-0.3, -0.25) is 0 Å². The number of rotatable bonds is 3. The molecule has 0 bridgehead atoms. The molecule has 1 heterocycles. The molecule has 19 heavy (non-hydrogen) atoms. The first-order valence-corrected chi connectivity index (χ1v) is 9.28. The number of hydrogen-bond acceptors (Lipinski definition) is 3. The second-order valence-corrected chi connectivity index (χ2v) is 8.61. The van der Waals surface area contributed by atoms with Crippen LogP contribution in [0.5, 0.6) is 0 Å². The van der Waals surface area contributed by atoms with Crippen LogP contribution in [-0.4, -0.2) is 26.0 Å². The van der Waals surface area contributed by atoms with Gasteiger partial charge in [-0.25, -0.2) is 8.42 Å². The van der Waals surface area contributed by atoms with Gasteiger partial charge in [0.1, 0.15) is 9.84 Å². The van der Waals surface area contributed by atoms with E-state index in [0.29, 0.717) is 12.8 Å². The second kappa shape index (κ2) is 6.12. The van der Waals surface area contributed by atoms with Crippen molar-refractivity contribution in [1.82, 2.24) is 5.32 Å². The fourth-order valence-electron chi connectivity index (χ4n) is 2.35. The van der Waals surface area contributed by atoms with Crippen molar-refractivity contribution in [2.75, 3.05) is 11.5 Å². The van der Waals surface area contributed by atoms with Gasteiger partial charge < -0.3 is 5.32 Å². The summed E-state index contributed by atoms with van der Waals surface area (Å²) < 4.78 is 23.7. The summed E-state index contributed by atoms with van der Waals surface area (Å²) in [5.41, 5.74) is 1.04. The maximum atomic E-state index is 11.4. The molecule has 0 aliphatic carbocycles. The van der Waals surface area contributed by atoms with E-state index in [-0.39, 0.29) is 23.6 Å². The van der Waals surface area contributed by atoms with Crippen molar-refractivity contribution in [2.24, 2.45) is 0 Å². The summed E-state index contributed by atoms with van der Waals surface area (Å²) in [6.07, 6.45) is 1.36. The Morgan fingerprint density at radius 3 is 2.58 bits per heavy atom. The molecule has 0 aromatic heterocycles. The molecule has 3 nitrogen and oxygen atoms in total. The van der Waals surface area contributed by atoms with E-state index < -0.39 is 9.84 Å². The first kappa shape index (κ1) is 15.3. The fourth-order valence-corrected chi connectivity index (χ4v) is 4.68. The summed E-state index contributed by atoms with van der Waals surface area (Å²) in [6.45, 7) is 2.05. The number of nitrogens with one attached hydrogen (secondary N) is 1. The van der Waals surface area contributed by atoms with Crippen LogP contribution in [0.2, 0.25) is 5.02 Å². The van der Waals surface area contributed by atoms with Gasteiger partial charge in [-0.15, -0.1) is 0 Å². The van der Waals surface area contributed by atoms with E-state index in [1.165, 1.54) is 0 Å². The quantitative estimate of drug-likeness (QED) is 0.892. The van der Waals surface area contributed by atoms with Gasteiger partial charge in [0.05, 0.1) is 11.5 Å². The highest BCUT2D eigenvalue weighted by atomic mass is 79.9. The van der Waals surface area contributed by atoms with Gasteiger partial charge >= 0.3 is 0 Å². The minimum atomic E-state index is -2.80. The van der Waals surface area contributed by atoms with E-state index in [9.17, 15) is 8.42 Å². The summed E-state index contributed by atoms with van der Waals surface area (Å²) in [7, 11) is -2.80. The minimum absolute atomic E-state index is 0.117. The van der Waals surface area contributed by atoms with Crippen molar-refractivity contribution in [1.29, 1.82) is 0 Å². The molecule has 1 saturated heterocycles. The predicted molar refractivity (Wildman–Crippen MR) is 82.4 cm³/mol. The molecule has 1 aromatic rings. The minimum Gasteiger partial charge on any atom is -0.307 e. The third-order valence-corrected chi connectivity index (χ3v) is 6.01. The molecule has 0 spiro atoms. The molecule has 1 atom stereocenters. The summed E-state index contributed by atoms with van der Waals surface area (Å²) in [4.78, 5) is 0. The lowest BCUT2D eigenvalue weighted by molar-refractivity contribution is 0.420. The lowest BCUT2D eigenvalue weighted by Crippen LogP contribution is -2.38. The maximum Gasteiger partial charge on any atom is 0.150 e. The zero-order chi connectivity index (χ0) is 14.0. The van der Waals surface area contributed by atoms with E-state index in [1.807, 2.05) is 18.2 Å². The molecule has 1 aliphatic heterocycles. The average Bonchev–Trinajstić information content (AvgIpc) is 2.31. The molecule has 1 N–H and O–H groups in total. The van der Waals surface area contributed by atoms with Crippen LogP contribution in [-0.2, 0) is 9.84 Å². The topological polar surface area (TPSA) is 46.2 Å². The summed E-state index contributed by atoms with van der Waals surface area (Å²) >= 11 is 9.61. The molecule has 0 saturated carbocycles.